The first kappa shape index (κ1) is 10.0. The van der Waals surface area contributed by atoms with E-state index < -0.39 is 0 Å². The Balaban J connectivity index is 2.12. The molecule has 1 atom stereocenters. The lowest BCUT2D eigenvalue weighted by molar-refractivity contribution is -0.127. The van der Waals surface area contributed by atoms with E-state index >= 15 is 0 Å². The van der Waals surface area contributed by atoms with Crippen molar-refractivity contribution in [2.24, 2.45) is 0 Å². The Morgan fingerprint density at radius 2 is 2.40 bits per heavy atom. The number of rotatable bonds is 2. The zero-order valence-electron chi connectivity index (χ0n) is 9.04. The lowest BCUT2D eigenvalue weighted by atomic mass is 10.1. The van der Waals surface area contributed by atoms with E-state index in [-0.39, 0.29) is 12.0 Å². The van der Waals surface area contributed by atoms with E-state index in [4.69, 9.17) is 4.74 Å². The van der Waals surface area contributed by atoms with Gasteiger partial charge in [0.1, 0.15) is 5.75 Å². The molecule has 0 saturated carbocycles. The molecule has 0 saturated heterocycles. The summed E-state index contributed by atoms with van der Waals surface area (Å²) in [4.78, 5) is 11.6. The highest BCUT2D eigenvalue weighted by molar-refractivity contribution is 5.82. The van der Waals surface area contributed by atoms with Gasteiger partial charge in [0, 0.05) is 13.0 Å². The fourth-order valence-electron chi connectivity index (χ4n) is 1.77. The van der Waals surface area contributed by atoms with Crippen molar-refractivity contribution in [1.82, 2.24) is 5.32 Å². The lowest BCUT2D eigenvalue weighted by Crippen LogP contribution is -2.37. The van der Waals surface area contributed by atoms with Crippen LogP contribution in [0.4, 0.5) is 0 Å². The van der Waals surface area contributed by atoms with Crippen molar-refractivity contribution in [2.75, 3.05) is 6.54 Å². The average molecular weight is 205 g/mol. The monoisotopic (exact) mass is 205 g/mol. The molecule has 2 rings (SSSR count). The Morgan fingerprint density at radius 3 is 3.13 bits per heavy atom. The largest absolute Gasteiger partial charge is 0.480 e. The molecule has 1 amide bonds. The van der Waals surface area contributed by atoms with E-state index in [1.165, 1.54) is 0 Å². The van der Waals surface area contributed by atoms with Gasteiger partial charge >= 0.3 is 0 Å². The molecule has 1 aliphatic rings. The molecule has 1 aromatic rings. The minimum Gasteiger partial charge on any atom is -0.480 e. The molecule has 0 spiro atoms. The first-order valence-electron chi connectivity index (χ1n) is 5.24. The van der Waals surface area contributed by atoms with Gasteiger partial charge in [-0.2, -0.15) is 0 Å². The van der Waals surface area contributed by atoms with E-state index in [0.717, 1.165) is 16.9 Å². The smallest absolute Gasteiger partial charge is 0.261 e. The molecule has 0 radical (unpaired) electrons. The quantitative estimate of drug-likeness (QED) is 0.793. The summed E-state index contributed by atoms with van der Waals surface area (Å²) in [6, 6.07) is 6.06. The van der Waals surface area contributed by atoms with Crippen LogP contribution in [0.25, 0.3) is 0 Å². The molecule has 80 valence electrons. The Kier molecular flexibility index (Phi) is 2.62. The molecule has 1 aromatic carbocycles. The second-order valence-corrected chi connectivity index (χ2v) is 3.82. The highest BCUT2D eigenvalue weighted by Crippen LogP contribution is 2.29. The van der Waals surface area contributed by atoms with Crippen molar-refractivity contribution in [1.29, 1.82) is 0 Å². The molecular weight excluding hydrogens is 190 g/mol. The number of fused-ring (bicyclic) bond motifs is 1. The van der Waals surface area contributed by atoms with Crippen LogP contribution in [0.2, 0.25) is 0 Å². The molecule has 15 heavy (non-hydrogen) atoms. The van der Waals surface area contributed by atoms with E-state index in [1.54, 1.807) is 0 Å². The molecule has 0 aliphatic carbocycles. The van der Waals surface area contributed by atoms with Crippen LogP contribution in [0.15, 0.2) is 18.2 Å². The molecular formula is C12H15NO2. The fraction of sp³-hybridized carbons (Fsp3) is 0.417. The van der Waals surface area contributed by atoms with Gasteiger partial charge in [-0.3, -0.25) is 4.79 Å². The van der Waals surface area contributed by atoms with Crippen molar-refractivity contribution >= 4 is 5.91 Å². The maximum absolute atomic E-state index is 11.6. The third-order valence-electron chi connectivity index (χ3n) is 2.54. The topological polar surface area (TPSA) is 38.3 Å². The van der Waals surface area contributed by atoms with Gasteiger partial charge in [-0.25, -0.2) is 0 Å². The Bertz CT molecular complexity index is 387. The summed E-state index contributed by atoms with van der Waals surface area (Å²) in [7, 11) is 0. The molecule has 0 fully saturated rings. The lowest BCUT2D eigenvalue weighted by Gasteiger charge is -2.09. The summed E-state index contributed by atoms with van der Waals surface area (Å²) in [5, 5.41) is 2.77. The standard InChI is InChI=1S/C12H15NO2/c1-3-13-12(14)11-7-9-5-4-8(2)6-10(9)15-11/h4-6,11H,3,7H2,1-2H3,(H,13,14). The van der Waals surface area contributed by atoms with E-state index in [9.17, 15) is 4.79 Å². The molecule has 0 aromatic heterocycles. The van der Waals surface area contributed by atoms with Gasteiger partial charge in [-0.1, -0.05) is 12.1 Å². The van der Waals surface area contributed by atoms with Crippen LogP contribution in [-0.2, 0) is 11.2 Å². The molecule has 0 bridgehead atoms. The Labute approximate surface area is 89.4 Å². The van der Waals surface area contributed by atoms with Gasteiger partial charge in [-0.15, -0.1) is 0 Å². The van der Waals surface area contributed by atoms with Gasteiger partial charge in [-0.05, 0) is 31.0 Å². The average Bonchev–Trinajstić information content (AvgIpc) is 2.60. The van der Waals surface area contributed by atoms with E-state index in [1.807, 2.05) is 32.0 Å². The minimum absolute atomic E-state index is 0.0219. The number of carbonyl (C=O) groups is 1. The Hall–Kier alpha value is -1.51. The normalized spacial score (nSPS) is 18.1. The van der Waals surface area contributed by atoms with Gasteiger partial charge in [0.25, 0.3) is 5.91 Å². The predicted octanol–water partition coefficient (Wildman–Crippen LogP) is 1.43. The Morgan fingerprint density at radius 1 is 1.60 bits per heavy atom. The highest BCUT2D eigenvalue weighted by Gasteiger charge is 2.28. The number of hydrogen-bond acceptors (Lipinski definition) is 2. The van der Waals surface area contributed by atoms with Gasteiger partial charge in [0.2, 0.25) is 0 Å². The molecule has 1 N–H and O–H groups in total. The first-order valence-corrected chi connectivity index (χ1v) is 5.24. The molecule has 3 nitrogen and oxygen atoms in total. The molecule has 1 heterocycles. The van der Waals surface area contributed by atoms with Crippen molar-refractivity contribution in [2.45, 2.75) is 26.4 Å². The van der Waals surface area contributed by atoms with Crippen LogP contribution in [0.5, 0.6) is 5.75 Å². The molecule has 1 aliphatic heterocycles. The van der Waals surface area contributed by atoms with Gasteiger partial charge in [0.15, 0.2) is 6.10 Å². The van der Waals surface area contributed by atoms with Crippen LogP contribution >= 0.6 is 0 Å². The number of hydrogen-bond donors (Lipinski definition) is 1. The zero-order valence-corrected chi connectivity index (χ0v) is 9.04. The summed E-state index contributed by atoms with van der Waals surface area (Å²) in [6.45, 7) is 4.57. The summed E-state index contributed by atoms with van der Waals surface area (Å²) in [5.74, 6) is 0.831. The van der Waals surface area contributed by atoms with Crippen LogP contribution in [-0.4, -0.2) is 18.6 Å². The SMILES string of the molecule is CCNC(=O)C1Cc2ccc(C)cc2O1. The highest BCUT2D eigenvalue weighted by atomic mass is 16.5. The maximum Gasteiger partial charge on any atom is 0.261 e. The predicted molar refractivity (Wildman–Crippen MR) is 58.0 cm³/mol. The third-order valence-corrected chi connectivity index (χ3v) is 2.54. The third kappa shape index (κ3) is 1.96. The molecule has 3 heteroatoms. The first-order chi connectivity index (χ1) is 7.20. The summed E-state index contributed by atoms with van der Waals surface area (Å²) in [6.07, 6.45) is 0.336. The summed E-state index contributed by atoms with van der Waals surface area (Å²) >= 11 is 0. The number of nitrogens with one attached hydrogen (secondary N) is 1. The second kappa shape index (κ2) is 3.93. The second-order valence-electron chi connectivity index (χ2n) is 3.82. The molecule has 1 unspecified atom stereocenters. The number of ether oxygens (including phenoxy) is 1. The number of likely N-dealkylation sites (N-methyl/N-ethyl adjacent to an activating group) is 1. The minimum atomic E-state index is -0.346. The van der Waals surface area contributed by atoms with E-state index in [0.29, 0.717) is 13.0 Å². The zero-order chi connectivity index (χ0) is 10.8. The summed E-state index contributed by atoms with van der Waals surface area (Å²) < 4.78 is 5.59. The van der Waals surface area contributed by atoms with Crippen LogP contribution < -0.4 is 10.1 Å². The van der Waals surface area contributed by atoms with Crippen LogP contribution in [0.3, 0.4) is 0 Å². The van der Waals surface area contributed by atoms with Crippen molar-refractivity contribution in [3.63, 3.8) is 0 Å². The number of aryl methyl sites for hydroxylation is 1. The number of benzene rings is 1. The fourth-order valence-corrected chi connectivity index (χ4v) is 1.77. The maximum atomic E-state index is 11.6. The van der Waals surface area contributed by atoms with Crippen molar-refractivity contribution in [3.8, 4) is 5.75 Å². The van der Waals surface area contributed by atoms with Crippen LogP contribution in [0, 0.1) is 6.92 Å². The van der Waals surface area contributed by atoms with Crippen molar-refractivity contribution < 1.29 is 9.53 Å². The van der Waals surface area contributed by atoms with Gasteiger partial charge in [0.05, 0.1) is 0 Å². The number of amides is 1. The van der Waals surface area contributed by atoms with Gasteiger partial charge < -0.3 is 10.1 Å². The number of carbonyl (C=O) groups excluding carboxylic acids is 1. The van der Waals surface area contributed by atoms with Crippen molar-refractivity contribution in [3.05, 3.63) is 29.3 Å². The van der Waals surface area contributed by atoms with E-state index in [2.05, 4.69) is 5.32 Å². The van der Waals surface area contributed by atoms with Crippen LogP contribution in [0.1, 0.15) is 18.1 Å². The summed E-state index contributed by atoms with van der Waals surface area (Å²) in [5.41, 5.74) is 2.28.